The Morgan fingerprint density at radius 2 is 1.72 bits per heavy atom. The minimum Gasteiger partial charge on any atom is -0.493 e. The van der Waals surface area contributed by atoms with Crippen LogP contribution in [0.3, 0.4) is 0 Å². The predicted octanol–water partition coefficient (Wildman–Crippen LogP) is 4.66. The lowest BCUT2D eigenvalue weighted by atomic mass is 10.2. The maximum Gasteiger partial charge on any atom is 0.267 e. The number of nitrogens with zero attached hydrogens (tertiary/aromatic N) is 2. The smallest absolute Gasteiger partial charge is 0.267 e. The second kappa shape index (κ2) is 7.57. The van der Waals surface area contributed by atoms with E-state index in [9.17, 15) is 0 Å². The van der Waals surface area contributed by atoms with Crippen molar-refractivity contribution in [2.45, 2.75) is 13.0 Å². The molecule has 25 heavy (non-hydrogen) atoms. The molecule has 7 heteroatoms. The number of methoxy groups -OCH3 is 2. The van der Waals surface area contributed by atoms with Crippen molar-refractivity contribution in [3.63, 3.8) is 0 Å². The van der Waals surface area contributed by atoms with Crippen LogP contribution in [0.2, 0.25) is 0 Å². The summed E-state index contributed by atoms with van der Waals surface area (Å²) in [6.45, 7) is 1.86. The summed E-state index contributed by atoms with van der Waals surface area (Å²) in [5, 5.41) is 4.02. The molecule has 0 bridgehead atoms. The molecule has 1 aromatic heterocycles. The van der Waals surface area contributed by atoms with Gasteiger partial charge in [-0.15, -0.1) is 0 Å². The van der Waals surface area contributed by atoms with Gasteiger partial charge in [-0.25, -0.2) is 0 Å². The highest BCUT2D eigenvalue weighted by Gasteiger charge is 2.18. The number of rotatable bonds is 6. The molecule has 3 rings (SSSR count). The summed E-state index contributed by atoms with van der Waals surface area (Å²) >= 11 is 3.39. The van der Waals surface area contributed by atoms with E-state index in [1.54, 1.807) is 26.4 Å². The normalized spacial score (nSPS) is 11.8. The van der Waals surface area contributed by atoms with Gasteiger partial charge in [-0.05, 0) is 49.4 Å². The lowest BCUT2D eigenvalue weighted by molar-refractivity contribution is 0.176. The van der Waals surface area contributed by atoms with Gasteiger partial charge in [0.1, 0.15) is 5.75 Å². The van der Waals surface area contributed by atoms with Crippen LogP contribution in [-0.2, 0) is 0 Å². The van der Waals surface area contributed by atoms with E-state index >= 15 is 0 Å². The molecule has 0 aliphatic carbocycles. The molecule has 0 fully saturated rings. The van der Waals surface area contributed by atoms with E-state index in [-0.39, 0.29) is 6.10 Å². The van der Waals surface area contributed by atoms with Crippen molar-refractivity contribution in [2.75, 3.05) is 14.2 Å². The van der Waals surface area contributed by atoms with E-state index in [0.29, 0.717) is 23.2 Å². The molecule has 0 saturated heterocycles. The van der Waals surface area contributed by atoms with Gasteiger partial charge in [0.15, 0.2) is 17.6 Å². The average molecular weight is 405 g/mol. The number of benzene rings is 2. The molecule has 6 nitrogen and oxygen atoms in total. The molecule has 0 saturated carbocycles. The van der Waals surface area contributed by atoms with Crippen molar-refractivity contribution in [2.24, 2.45) is 0 Å². The number of hydrogen-bond acceptors (Lipinski definition) is 6. The third-order valence-corrected chi connectivity index (χ3v) is 4.09. The summed E-state index contributed by atoms with van der Waals surface area (Å²) in [5.41, 5.74) is 0.767. The maximum absolute atomic E-state index is 5.82. The van der Waals surface area contributed by atoms with Gasteiger partial charge in [-0.1, -0.05) is 21.1 Å². The first-order chi connectivity index (χ1) is 12.1. The summed E-state index contributed by atoms with van der Waals surface area (Å²) in [4.78, 5) is 4.42. The van der Waals surface area contributed by atoms with Crippen LogP contribution in [-0.4, -0.2) is 24.4 Å². The topological polar surface area (TPSA) is 66.6 Å². The molecule has 0 unspecified atom stereocenters. The first kappa shape index (κ1) is 17.3. The Balaban J connectivity index is 1.78. The zero-order chi connectivity index (χ0) is 17.8. The van der Waals surface area contributed by atoms with Crippen molar-refractivity contribution in [3.05, 3.63) is 52.8 Å². The Hall–Kier alpha value is -2.54. The second-order valence-electron chi connectivity index (χ2n) is 5.24. The van der Waals surface area contributed by atoms with E-state index in [1.165, 1.54) is 0 Å². The van der Waals surface area contributed by atoms with Crippen molar-refractivity contribution >= 4 is 15.9 Å². The average Bonchev–Trinajstić information content (AvgIpc) is 3.13. The fraction of sp³-hybridized carbons (Fsp3) is 0.222. The quantitative estimate of drug-likeness (QED) is 0.595. The third-order valence-electron chi connectivity index (χ3n) is 3.56. The van der Waals surface area contributed by atoms with Crippen LogP contribution in [0.15, 0.2) is 51.5 Å². The molecule has 0 aliphatic rings. The SMILES string of the molecule is COc1ccc(-c2noc([C@H](C)Oc3ccc(Br)cc3)n2)cc1OC. The molecule has 130 valence electrons. The molecular formula is C18H17BrN2O4. The number of aromatic nitrogens is 2. The number of hydrogen-bond donors (Lipinski definition) is 0. The molecule has 0 amide bonds. The van der Waals surface area contributed by atoms with Crippen LogP contribution in [0, 0.1) is 0 Å². The molecule has 3 aromatic rings. The minimum absolute atomic E-state index is 0.373. The van der Waals surface area contributed by atoms with Gasteiger partial charge in [-0.2, -0.15) is 4.98 Å². The van der Waals surface area contributed by atoms with Gasteiger partial charge in [0.05, 0.1) is 14.2 Å². The summed E-state index contributed by atoms with van der Waals surface area (Å²) < 4.78 is 22.7. The van der Waals surface area contributed by atoms with Crippen molar-refractivity contribution < 1.29 is 18.7 Å². The Morgan fingerprint density at radius 3 is 2.40 bits per heavy atom. The monoisotopic (exact) mass is 404 g/mol. The molecule has 0 aliphatic heterocycles. The van der Waals surface area contributed by atoms with E-state index in [1.807, 2.05) is 37.3 Å². The van der Waals surface area contributed by atoms with Crippen molar-refractivity contribution in [1.82, 2.24) is 10.1 Å². The highest BCUT2D eigenvalue weighted by atomic mass is 79.9. The predicted molar refractivity (Wildman–Crippen MR) is 96.0 cm³/mol. The van der Waals surface area contributed by atoms with Gasteiger partial charge in [-0.3, -0.25) is 0 Å². The zero-order valence-corrected chi connectivity index (χ0v) is 15.6. The van der Waals surface area contributed by atoms with Crippen molar-refractivity contribution in [1.29, 1.82) is 0 Å². The van der Waals surface area contributed by atoms with Crippen LogP contribution in [0.25, 0.3) is 11.4 Å². The van der Waals surface area contributed by atoms with Crippen molar-refractivity contribution in [3.8, 4) is 28.6 Å². The van der Waals surface area contributed by atoms with Crippen LogP contribution < -0.4 is 14.2 Å². The molecule has 0 radical (unpaired) electrons. The van der Waals surface area contributed by atoms with Gasteiger partial charge >= 0.3 is 0 Å². The lowest BCUT2D eigenvalue weighted by Gasteiger charge is -2.10. The summed E-state index contributed by atoms with van der Waals surface area (Å²) in [6.07, 6.45) is -0.373. The van der Waals surface area contributed by atoms with E-state index in [0.717, 1.165) is 15.8 Å². The first-order valence-electron chi connectivity index (χ1n) is 7.59. The fourth-order valence-electron chi connectivity index (χ4n) is 2.26. The minimum atomic E-state index is -0.373. The van der Waals surface area contributed by atoms with Gasteiger partial charge in [0, 0.05) is 10.0 Å². The molecule has 1 heterocycles. The van der Waals surface area contributed by atoms with Crippen LogP contribution >= 0.6 is 15.9 Å². The molecule has 0 spiro atoms. The van der Waals surface area contributed by atoms with E-state index in [2.05, 4.69) is 26.1 Å². The van der Waals surface area contributed by atoms with Gasteiger partial charge in [0.2, 0.25) is 5.82 Å². The highest BCUT2D eigenvalue weighted by molar-refractivity contribution is 9.10. The molecular weight excluding hydrogens is 388 g/mol. The first-order valence-corrected chi connectivity index (χ1v) is 8.38. The third kappa shape index (κ3) is 3.93. The Kier molecular flexibility index (Phi) is 5.23. The fourth-order valence-corrected chi connectivity index (χ4v) is 2.52. The Morgan fingerprint density at radius 1 is 1.00 bits per heavy atom. The van der Waals surface area contributed by atoms with E-state index < -0.39 is 0 Å². The van der Waals surface area contributed by atoms with Gasteiger partial charge < -0.3 is 18.7 Å². The molecule has 0 N–H and O–H groups in total. The van der Waals surface area contributed by atoms with Gasteiger partial charge in [0.25, 0.3) is 5.89 Å². The zero-order valence-electron chi connectivity index (χ0n) is 14.0. The van der Waals surface area contributed by atoms with Crippen LogP contribution in [0.4, 0.5) is 0 Å². The standard InChI is InChI=1S/C18H17BrN2O4/c1-11(24-14-7-5-13(19)6-8-14)18-20-17(21-25-18)12-4-9-15(22-2)16(10-12)23-3/h4-11H,1-3H3/t11-/m0/s1. The van der Waals surface area contributed by atoms with Crippen LogP contribution in [0.1, 0.15) is 18.9 Å². The molecule has 1 atom stereocenters. The number of ether oxygens (including phenoxy) is 3. The Bertz CT molecular complexity index is 849. The molecule has 2 aromatic carbocycles. The maximum atomic E-state index is 5.82. The highest BCUT2D eigenvalue weighted by Crippen LogP contribution is 2.32. The lowest BCUT2D eigenvalue weighted by Crippen LogP contribution is -2.03. The Labute approximate surface area is 153 Å². The second-order valence-corrected chi connectivity index (χ2v) is 6.16. The van der Waals surface area contributed by atoms with Crippen LogP contribution in [0.5, 0.6) is 17.2 Å². The van der Waals surface area contributed by atoms with E-state index in [4.69, 9.17) is 18.7 Å². The summed E-state index contributed by atoms with van der Waals surface area (Å²) in [5.74, 6) is 2.82. The largest absolute Gasteiger partial charge is 0.493 e. The number of halogens is 1. The summed E-state index contributed by atoms with van der Waals surface area (Å²) in [6, 6.07) is 13.0. The summed E-state index contributed by atoms with van der Waals surface area (Å²) in [7, 11) is 3.17.